The average molecular weight is 193 g/mol. The van der Waals surface area contributed by atoms with Crippen LogP contribution in [0.3, 0.4) is 0 Å². The second kappa shape index (κ2) is 3.50. The Hall–Kier alpha value is -1.22. The molecule has 0 aliphatic heterocycles. The van der Waals surface area contributed by atoms with Crippen molar-refractivity contribution in [2.45, 2.75) is 25.0 Å². The van der Waals surface area contributed by atoms with Gasteiger partial charge in [-0.15, -0.1) is 0 Å². The van der Waals surface area contributed by atoms with Crippen LogP contribution in [0.15, 0.2) is 24.3 Å². The van der Waals surface area contributed by atoms with Crippen LogP contribution in [-0.2, 0) is 0 Å². The molecule has 1 saturated carbocycles. The zero-order valence-corrected chi connectivity index (χ0v) is 8.22. The van der Waals surface area contributed by atoms with Crippen LogP contribution in [0.25, 0.3) is 0 Å². The molecule has 2 atom stereocenters. The summed E-state index contributed by atoms with van der Waals surface area (Å²) in [6, 6.07) is 7.29. The summed E-state index contributed by atoms with van der Waals surface area (Å²) in [6.07, 6.45) is 1.74. The van der Waals surface area contributed by atoms with Gasteiger partial charge in [0.25, 0.3) is 0 Å². The molecule has 1 aliphatic rings. The Bertz CT molecular complexity index is 310. The van der Waals surface area contributed by atoms with Crippen LogP contribution in [0.5, 0.6) is 5.75 Å². The molecule has 3 nitrogen and oxygen atoms in total. The quantitative estimate of drug-likeness (QED) is 0.745. The summed E-state index contributed by atoms with van der Waals surface area (Å²) >= 11 is 0. The van der Waals surface area contributed by atoms with Crippen molar-refractivity contribution in [2.75, 3.05) is 11.9 Å². The molecule has 0 amide bonds. The lowest BCUT2D eigenvalue weighted by Crippen LogP contribution is -2.48. The number of phenolic OH excluding ortho intramolecular Hbond substituents is 1. The number of rotatable bonds is 2. The molecule has 1 aromatic carbocycles. The molecule has 0 saturated heterocycles. The number of aliphatic hydroxyl groups excluding tert-OH is 1. The minimum atomic E-state index is -0.200. The molecule has 0 unspecified atom stereocenters. The highest BCUT2D eigenvalue weighted by Gasteiger charge is 2.32. The first-order chi connectivity index (χ1) is 6.68. The Labute approximate surface area is 83.6 Å². The van der Waals surface area contributed by atoms with E-state index in [4.69, 9.17) is 5.11 Å². The second-order valence-corrected chi connectivity index (χ2v) is 3.84. The van der Waals surface area contributed by atoms with Crippen molar-refractivity contribution in [1.82, 2.24) is 0 Å². The van der Waals surface area contributed by atoms with Crippen LogP contribution in [-0.4, -0.2) is 29.4 Å². The maximum atomic E-state index is 9.50. The van der Waals surface area contributed by atoms with Gasteiger partial charge >= 0.3 is 0 Å². The van der Waals surface area contributed by atoms with E-state index < -0.39 is 0 Å². The highest BCUT2D eigenvalue weighted by Crippen LogP contribution is 2.29. The normalized spacial score (nSPS) is 25.6. The van der Waals surface area contributed by atoms with Crippen LogP contribution < -0.4 is 4.90 Å². The molecule has 76 valence electrons. The van der Waals surface area contributed by atoms with Crippen LogP contribution in [0.4, 0.5) is 5.69 Å². The van der Waals surface area contributed by atoms with Gasteiger partial charge in [0.15, 0.2) is 0 Å². The van der Waals surface area contributed by atoms with Crippen LogP contribution in [0.1, 0.15) is 12.8 Å². The molecule has 1 aromatic rings. The summed E-state index contributed by atoms with van der Waals surface area (Å²) in [5.41, 5.74) is 1.03. The number of hydrogen-bond acceptors (Lipinski definition) is 3. The van der Waals surface area contributed by atoms with Crippen molar-refractivity contribution >= 4 is 5.69 Å². The van der Waals surface area contributed by atoms with E-state index in [9.17, 15) is 5.11 Å². The zero-order valence-electron chi connectivity index (χ0n) is 8.22. The van der Waals surface area contributed by atoms with Gasteiger partial charge in [-0.1, -0.05) is 0 Å². The van der Waals surface area contributed by atoms with Gasteiger partial charge < -0.3 is 15.1 Å². The number of aliphatic hydroxyl groups is 1. The minimum Gasteiger partial charge on any atom is -0.508 e. The Kier molecular flexibility index (Phi) is 2.33. The first kappa shape index (κ1) is 9.34. The third-order valence-electron chi connectivity index (χ3n) is 2.96. The summed E-state index contributed by atoms with van der Waals surface area (Å²) in [5.74, 6) is 0.274. The van der Waals surface area contributed by atoms with E-state index in [1.54, 1.807) is 12.1 Å². The molecule has 1 fully saturated rings. The fourth-order valence-electron chi connectivity index (χ4n) is 1.80. The molecule has 14 heavy (non-hydrogen) atoms. The van der Waals surface area contributed by atoms with E-state index in [-0.39, 0.29) is 17.9 Å². The number of anilines is 1. The SMILES string of the molecule is CN(c1ccc(O)cc1)[C@@H]1CC[C@H]1O. The minimum absolute atomic E-state index is 0.200. The summed E-state index contributed by atoms with van der Waals surface area (Å²) in [5, 5.41) is 18.6. The highest BCUT2D eigenvalue weighted by atomic mass is 16.3. The molecule has 3 heteroatoms. The summed E-state index contributed by atoms with van der Waals surface area (Å²) in [7, 11) is 1.97. The van der Waals surface area contributed by atoms with Gasteiger partial charge in [0.2, 0.25) is 0 Å². The number of phenols is 1. The van der Waals surface area contributed by atoms with Gasteiger partial charge in [-0.05, 0) is 37.1 Å². The van der Waals surface area contributed by atoms with Crippen LogP contribution >= 0.6 is 0 Å². The Balaban J connectivity index is 2.10. The van der Waals surface area contributed by atoms with Crippen molar-refractivity contribution < 1.29 is 10.2 Å². The fraction of sp³-hybridized carbons (Fsp3) is 0.455. The van der Waals surface area contributed by atoms with E-state index in [1.807, 2.05) is 19.2 Å². The molecule has 2 N–H and O–H groups in total. The fourth-order valence-corrected chi connectivity index (χ4v) is 1.80. The lowest BCUT2D eigenvalue weighted by Gasteiger charge is -2.40. The van der Waals surface area contributed by atoms with Gasteiger partial charge in [0, 0.05) is 12.7 Å². The molecule has 0 bridgehead atoms. The highest BCUT2D eigenvalue weighted by molar-refractivity contribution is 5.49. The second-order valence-electron chi connectivity index (χ2n) is 3.84. The van der Waals surface area contributed by atoms with E-state index >= 15 is 0 Å². The van der Waals surface area contributed by atoms with Gasteiger partial charge in [-0.3, -0.25) is 0 Å². The topological polar surface area (TPSA) is 43.7 Å². The molecule has 0 aromatic heterocycles. The molecule has 0 radical (unpaired) electrons. The molecular formula is C11H15NO2. The predicted octanol–water partition coefficient (Wildman–Crippen LogP) is 1.35. The maximum absolute atomic E-state index is 9.50. The third kappa shape index (κ3) is 1.55. The number of aromatic hydroxyl groups is 1. The van der Waals surface area contributed by atoms with Crippen molar-refractivity contribution in [3.05, 3.63) is 24.3 Å². The number of nitrogens with zero attached hydrogens (tertiary/aromatic N) is 1. The summed E-state index contributed by atoms with van der Waals surface area (Å²) in [4.78, 5) is 2.06. The van der Waals surface area contributed by atoms with E-state index in [0.29, 0.717) is 0 Å². The smallest absolute Gasteiger partial charge is 0.115 e. The lowest BCUT2D eigenvalue weighted by atomic mass is 9.88. The molecule has 0 spiro atoms. The zero-order chi connectivity index (χ0) is 10.1. The maximum Gasteiger partial charge on any atom is 0.115 e. The van der Waals surface area contributed by atoms with E-state index in [2.05, 4.69) is 4.90 Å². The Morgan fingerprint density at radius 1 is 1.21 bits per heavy atom. The number of hydrogen-bond donors (Lipinski definition) is 2. The molecule has 2 rings (SSSR count). The number of benzene rings is 1. The van der Waals surface area contributed by atoms with Gasteiger partial charge in [0.05, 0.1) is 12.1 Å². The summed E-state index contributed by atoms with van der Waals surface area (Å²) < 4.78 is 0. The summed E-state index contributed by atoms with van der Waals surface area (Å²) in [6.45, 7) is 0. The predicted molar refractivity (Wildman–Crippen MR) is 55.5 cm³/mol. The van der Waals surface area contributed by atoms with Crippen LogP contribution in [0, 0.1) is 0 Å². The Morgan fingerprint density at radius 2 is 1.86 bits per heavy atom. The largest absolute Gasteiger partial charge is 0.508 e. The molecular weight excluding hydrogens is 178 g/mol. The van der Waals surface area contributed by atoms with E-state index in [0.717, 1.165) is 18.5 Å². The van der Waals surface area contributed by atoms with Crippen molar-refractivity contribution in [1.29, 1.82) is 0 Å². The van der Waals surface area contributed by atoms with Gasteiger partial charge in [-0.25, -0.2) is 0 Å². The third-order valence-corrected chi connectivity index (χ3v) is 2.96. The molecule has 0 heterocycles. The number of likely N-dealkylation sites (N-methyl/N-ethyl adjacent to an activating group) is 1. The average Bonchev–Trinajstić information content (AvgIpc) is 2.16. The molecule has 1 aliphatic carbocycles. The first-order valence-electron chi connectivity index (χ1n) is 4.88. The lowest BCUT2D eigenvalue weighted by molar-refractivity contribution is 0.0668. The van der Waals surface area contributed by atoms with Gasteiger partial charge in [0.1, 0.15) is 5.75 Å². The van der Waals surface area contributed by atoms with Gasteiger partial charge in [-0.2, -0.15) is 0 Å². The monoisotopic (exact) mass is 193 g/mol. The standard InChI is InChI=1S/C11H15NO2/c1-12(10-6-7-11(10)14)8-2-4-9(13)5-3-8/h2-5,10-11,13-14H,6-7H2,1H3/t10-,11-/m1/s1. The van der Waals surface area contributed by atoms with Crippen LogP contribution in [0.2, 0.25) is 0 Å². The first-order valence-corrected chi connectivity index (χ1v) is 4.88. The van der Waals surface area contributed by atoms with Crippen molar-refractivity contribution in [3.8, 4) is 5.75 Å². The van der Waals surface area contributed by atoms with Crippen molar-refractivity contribution in [2.24, 2.45) is 0 Å². The Morgan fingerprint density at radius 3 is 2.29 bits per heavy atom. The van der Waals surface area contributed by atoms with Crippen molar-refractivity contribution in [3.63, 3.8) is 0 Å². The van der Waals surface area contributed by atoms with E-state index in [1.165, 1.54) is 0 Å².